The van der Waals surface area contributed by atoms with Gasteiger partial charge in [-0.05, 0) is 55.2 Å². The van der Waals surface area contributed by atoms with E-state index in [4.69, 9.17) is 16.7 Å². The third-order valence-corrected chi connectivity index (χ3v) is 4.86. The Balaban J connectivity index is 2.00. The van der Waals surface area contributed by atoms with Crippen molar-refractivity contribution in [3.63, 3.8) is 0 Å². The highest BCUT2D eigenvalue weighted by atomic mass is 35.5. The van der Waals surface area contributed by atoms with Gasteiger partial charge in [-0.25, -0.2) is 0 Å². The van der Waals surface area contributed by atoms with Gasteiger partial charge in [-0.3, -0.25) is 9.69 Å². The zero-order chi connectivity index (χ0) is 19.1. The number of carbonyl (C=O) groups is 1. The second kappa shape index (κ2) is 9.60. The first-order valence-electron chi connectivity index (χ1n) is 8.81. The van der Waals surface area contributed by atoms with Crippen LogP contribution in [0.2, 0.25) is 0 Å². The Kier molecular flexibility index (Phi) is 7.49. The van der Waals surface area contributed by atoms with Crippen LogP contribution in [0, 0.1) is 12.8 Å². The molecular weight excluding hydrogens is 348 g/mol. The SMILES string of the molecule is C\C=C/C(=C\C(C)=C\Cl)CNc1ccc(C)c(CN2CC(C(=O)O)C2)c1. The molecule has 1 aliphatic heterocycles. The summed E-state index contributed by atoms with van der Waals surface area (Å²) in [5, 5.41) is 12.5. The monoisotopic (exact) mass is 374 g/mol. The maximum absolute atomic E-state index is 10.9. The lowest BCUT2D eigenvalue weighted by Crippen LogP contribution is -2.49. The van der Waals surface area contributed by atoms with Gasteiger partial charge in [-0.1, -0.05) is 35.9 Å². The first kappa shape index (κ1) is 20.3. The molecule has 0 spiro atoms. The summed E-state index contributed by atoms with van der Waals surface area (Å²) in [6, 6.07) is 6.34. The summed E-state index contributed by atoms with van der Waals surface area (Å²) >= 11 is 5.76. The molecule has 1 aromatic rings. The molecule has 0 bridgehead atoms. The van der Waals surface area contributed by atoms with Gasteiger partial charge >= 0.3 is 5.97 Å². The second-order valence-electron chi connectivity index (χ2n) is 6.80. The predicted octanol–water partition coefficient (Wildman–Crippen LogP) is 4.57. The minimum absolute atomic E-state index is 0.219. The summed E-state index contributed by atoms with van der Waals surface area (Å²) in [5.74, 6) is -0.915. The van der Waals surface area contributed by atoms with Gasteiger partial charge in [-0.2, -0.15) is 0 Å². The van der Waals surface area contributed by atoms with Gasteiger partial charge in [0.15, 0.2) is 0 Å². The van der Waals surface area contributed by atoms with Crippen LogP contribution >= 0.6 is 11.6 Å². The standard InChI is InChI=1S/C21H27ClN2O2/c1-4-5-17(8-15(2)10-22)11-23-20-7-6-16(3)18(9-20)12-24-13-19(14-24)21(25)26/h4-10,19,23H,11-14H2,1-3H3,(H,25,26)/b5-4-,15-10+,17-8+. The summed E-state index contributed by atoms with van der Waals surface area (Å²) in [6.07, 6.45) is 6.14. The molecule has 140 valence electrons. The minimum atomic E-state index is -0.696. The molecule has 1 fully saturated rings. The molecule has 0 aromatic heterocycles. The normalized spacial score (nSPS) is 16.8. The minimum Gasteiger partial charge on any atom is -0.481 e. The number of likely N-dealkylation sites (tertiary alicyclic amines) is 1. The Hall–Kier alpha value is -2.04. The molecule has 1 heterocycles. The molecule has 0 amide bonds. The molecule has 2 N–H and O–H groups in total. The number of nitrogens with zero attached hydrogens (tertiary/aromatic N) is 1. The fourth-order valence-electron chi connectivity index (χ4n) is 2.95. The lowest BCUT2D eigenvalue weighted by atomic mass is 9.98. The lowest BCUT2D eigenvalue weighted by molar-refractivity contribution is -0.147. The van der Waals surface area contributed by atoms with E-state index in [-0.39, 0.29) is 5.92 Å². The fourth-order valence-corrected chi connectivity index (χ4v) is 3.01. The van der Waals surface area contributed by atoms with Gasteiger partial charge in [0.2, 0.25) is 0 Å². The highest BCUT2D eigenvalue weighted by Crippen LogP contribution is 2.23. The molecule has 5 heteroatoms. The predicted molar refractivity (Wildman–Crippen MR) is 109 cm³/mol. The highest BCUT2D eigenvalue weighted by molar-refractivity contribution is 6.25. The van der Waals surface area contributed by atoms with Gasteiger partial charge < -0.3 is 10.4 Å². The average Bonchev–Trinajstić information content (AvgIpc) is 2.57. The van der Waals surface area contributed by atoms with E-state index in [9.17, 15) is 4.79 Å². The summed E-state index contributed by atoms with van der Waals surface area (Å²) in [6.45, 7) is 8.81. The number of carboxylic acid groups (broad SMARTS) is 1. The Labute approximate surface area is 160 Å². The van der Waals surface area contributed by atoms with Gasteiger partial charge in [-0.15, -0.1) is 0 Å². The van der Waals surface area contributed by atoms with E-state index in [0.29, 0.717) is 19.6 Å². The zero-order valence-corrected chi connectivity index (χ0v) is 16.4. The van der Waals surface area contributed by atoms with Crippen LogP contribution in [-0.2, 0) is 11.3 Å². The van der Waals surface area contributed by atoms with E-state index >= 15 is 0 Å². The first-order chi connectivity index (χ1) is 12.4. The van der Waals surface area contributed by atoms with E-state index in [0.717, 1.165) is 23.4 Å². The quantitative estimate of drug-likeness (QED) is 0.654. The van der Waals surface area contributed by atoms with Gasteiger partial charge in [0.1, 0.15) is 0 Å². The third-order valence-electron chi connectivity index (χ3n) is 4.51. The van der Waals surface area contributed by atoms with Crippen LogP contribution in [0.1, 0.15) is 25.0 Å². The molecular formula is C21H27ClN2O2. The largest absolute Gasteiger partial charge is 0.481 e. The Morgan fingerprint density at radius 3 is 2.77 bits per heavy atom. The Morgan fingerprint density at radius 1 is 1.42 bits per heavy atom. The van der Waals surface area contributed by atoms with Crippen LogP contribution in [0.5, 0.6) is 0 Å². The molecule has 0 radical (unpaired) electrons. The average molecular weight is 375 g/mol. The second-order valence-corrected chi connectivity index (χ2v) is 7.01. The van der Waals surface area contributed by atoms with Crippen molar-refractivity contribution < 1.29 is 9.90 Å². The topological polar surface area (TPSA) is 52.6 Å². The van der Waals surface area contributed by atoms with E-state index in [1.54, 1.807) is 5.54 Å². The number of nitrogens with one attached hydrogen (secondary N) is 1. The van der Waals surface area contributed by atoms with Crippen molar-refractivity contribution in [2.75, 3.05) is 25.0 Å². The molecule has 1 saturated heterocycles. The fraction of sp³-hybridized carbons (Fsp3) is 0.381. The summed E-state index contributed by atoms with van der Waals surface area (Å²) < 4.78 is 0. The van der Waals surface area contributed by atoms with Crippen LogP contribution in [-0.4, -0.2) is 35.6 Å². The molecule has 2 rings (SSSR count). The number of benzene rings is 1. The van der Waals surface area contributed by atoms with Crippen molar-refractivity contribution in [1.29, 1.82) is 0 Å². The summed E-state index contributed by atoms with van der Waals surface area (Å²) in [4.78, 5) is 13.1. The van der Waals surface area contributed by atoms with Crippen LogP contribution in [0.15, 0.2) is 53.1 Å². The number of allylic oxidation sites excluding steroid dienone is 3. The van der Waals surface area contributed by atoms with E-state index in [1.165, 1.54) is 11.1 Å². The van der Waals surface area contributed by atoms with Crippen molar-refractivity contribution in [2.24, 2.45) is 5.92 Å². The maximum atomic E-state index is 10.9. The van der Waals surface area contributed by atoms with E-state index in [1.807, 2.05) is 19.9 Å². The number of carboxylic acids is 1. The molecule has 1 aliphatic rings. The first-order valence-corrected chi connectivity index (χ1v) is 9.25. The van der Waals surface area contributed by atoms with Crippen molar-refractivity contribution in [3.05, 3.63) is 64.2 Å². The zero-order valence-electron chi connectivity index (χ0n) is 15.6. The molecule has 26 heavy (non-hydrogen) atoms. The lowest BCUT2D eigenvalue weighted by Gasteiger charge is -2.37. The maximum Gasteiger partial charge on any atom is 0.309 e. The number of aliphatic carboxylic acids is 1. The molecule has 1 aromatic carbocycles. The van der Waals surface area contributed by atoms with Gasteiger partial charge in [0.25, 0.3) is 0 Å². The number of hydrogen-bond donors (Lipinski definition) is 2. The van der Waals surface area contributed by atoms with Crippen molar-refractivity contribution in [1.82, 2.24) is 4.90 Å². The third kappa shape index (κ3) is 5.75. The van der Waals surface area contributed by atoms with E-state index in [2.05, 4.69) is 47.5 Å². The van der Waals surface area contributed by atoms with Crippen LogP contribution in [0.4, 0.5) is 5.69 Å². The summed E-state index contributed by atoms with van der Waals surface area (Å²) in [5.41, 5.74) is 7.24. The highest BCUT2D eigenvalue weighted by Gasteiger charge is 2.32. The number of hydrogen-bond acceptors (Lipinski definition) is 3. The number of aryl methyl sites for hydroxylation is 1. The van der Waals surface area contributed by atoms with Gasteiger partial charge in [0.05, 0.1) is 5.92 Å². The number of anilines is 1. The Morgan fingerprint density at radius 2 is 2.15 bits per heavy atom. The van der Waals surface area contributed by atoms with Crippen molar-refractivity contribution in [3.8, 4) is 0 Å². The van der Waals surface area contributed by atoms with Gasteiger partial charge in [0, 0.05) is 37.4 Å². The molecule has 4 nitrogen and oxygen atoms in total. The molecule has 0 aliphatic carbocycles. The van der Waals surface area contributed by atoms with E-state index < -0.39 is 5.97 Å². The van der Waals surface area contributed by atoms with Crippen LogP contribution in [0.3, 0.4) is 0 Å². The molecule has 0 saturated carbocycles. The van der Waals surface area contributed by atoms with Crippen molar-refractivity contribution in [2.45, 2.75) is 27.3 Å². The molecule has 0 atom stereocenters. The number of halogens is 1. The van der Waals surface area contributed by atoms with Crippen LogP contribution < -0.4 is 5.32 Å². The van der Waals surface area contributed by atoms with Crippen molar-refractivity contribution >= 4 is 23.3 Å². The summed E-state index contributed by atoms with van der Waals surface area (Å²) in [7, 11) is 0. The smallest absolute Gasteiger partial charge is 0.309 e. The molecule has 0 unspecified atom stereocenters. The number of rotatable bonds is 8. The Bertz CT molecular complexity index is 732. The van der Waals surface area contributed by atoms with Crippen LogP contribution in [0.25, 0.3) is 0 Å².